The minimum Gasteiger partial charge on any atom is -0.488 e. The molecule has 1 aliphatic carbocycles. The second-order valence-corrected chi connectivity index (χ2v) is 5.46. The first-order valence-corrected chi connectivity index (χ1v) is 6.88. The highest BCUT2D eigenvalue weighted by molar-refractivity contribution is 5.87. The van der Waals surface area contributed by atoms with Crippen LogP contribution in [-0.4, -0.2) is 32.9 Å². The lowest BCUT2D eigenvalue weighted by Gasteiger charge is -2.21. The third-order valence-corrected chi connectivity index (χ3v) is 3.71. The van der Waals surface area contributed by atoms with E-state index in [4.69, 9.17) is 14.2 Å². The van der Waals surface area contributed by atoms with Crippen LogP contribution in [0.1, 0.15) is 30.9 Å². The van der Waals surface area contributed by atoms with Gasteiger partial charge in [-0.05, 0) is 32.8 Å². The number of hydrogen-bond donors (Lipinski definition) is 0. The molecule has 0 radical (unpaired) electrons. The van der Waals surface area contributed by atoms with Gasteiger partial charge >= 0.3 is 5.97 Å². The van der Waals surface area contributed by atoms with Crippen LogP contribution in [0.15, 0.2) is 18.2 Å². The number of aryl methyl sites for hydroxylation is 1. The number of carbonyl (C=O) groups is 1. The molecule has 1 unspecified atom stereocenters. The third kappa shape index (κ3) is 2.80. The molecule has 1 aromatic carbocycles. The Bertz CT molecular complexity index is 491. The predicted molar refractivity (Wildman–Crippen MR) is 76.1 cm³/mol. The van der Waals surface area contributed by atoms with Crippen LogP contribution in [-0.2, 0) is 19.7 Å². The number of rotatable bonds is 6. The minimum atomic E-state index is -0.511. The number of benzene rings is 1. The van der Waals surface area contributed by atoms with Crippen molar-refractivity contribution in [2.45, 2.75) is 38.2 Å². The summed E-state index contributed by atoms with van der Waals surface area (Å²) in [5, 5.41) is 0. The molecule has 0 N–H and O–H groups in total. The van der Waals surface area contributed by atoms with Gasteiger partial charge in [0.15, 0.2) is 0 Å². The van der Waals surface area contributed by atoms with Gasteiger partial charge in [-0.1, -0.05) is 17.7 Å². The van der Waals surface area contributed by atoms with Crippen molar-refractivity contribution >= 4 is 5.97 Å². The molecule has 20 heavy (non-hydrogen) atoms. The van der Waals surface area contributed by atoms with Gasteiger partial charge in [-0.2, -0.15) is 0 Å². The zero-order valence-electron chi connectivity index (χ0n) is 12.6. The maximum Gasteiger partial charge on any atom is 0.316 e. The fourth-order valence-corrected chi connectivity index (χ4v) is 2.51. The van der Waals surface area contributed by atoms with Gasteiger partial charge in [0.05, 0.1) is 19.1 Å². The summed E-state index contributed by atoms with van der Waals surface area (Å²) in [7, 11) is 3.08. The highest BCUT2D eigenvalue weighted by Gasteiger charge is 2.54. The zero-order chi connectivity index (χ0) is 14.8. The topological polar surface area (TPSA) is 44.8 Å². The van der Waals surface area contributed by atoms with E-state index in [1.54, 1.807) is 7.11 Å². The first kappa shape index (κ1) is 14.9. The van der Waals surface area contributed by atoms with E-state index >= 15 is 0 Å². The van der Waals surface area contributed by atoms with Gasteiger partial charge in [0.1, 0.15) is 11.9 Å². The Labute approximate surface area is 120 Å². The van der Waals surface area contributed by atoms with Crippen molar-refractivity contribution in [1.82, 2.24) is 0 Å². The number of hydrogen-bond acceptors (Lipinski definition) is 4. The number of carbonyl (C=O) groups excluding carboxylic acids is 1. The van der Waals surface area contributed by atoms with Crippen LogP contribution in [0.3, 0.4) is 0 Å². The largest absolute Gasteiger partial charge is 0.488 e. The lowest BCUT2D eigenvalue weighted by atomic mass is 9.93. The Hall–Kier alpha value is -1.55. The molecule has 0 bridgehead atoms. The molecular formula is C16H22O4. The van der Waals surface area contributed by atoms with Crippen LogP contribution in [0.25, 0.3) is 0 Å². The van der Waals surface area contributed by atoms with Crippen molar-refractivity contribution in [1.29, 1.82) is 0 Å². The molecule has 1 saturated carbocycles. The summed E-state index contributed by atoms with van der Waals surface area (Å²) in [6, 6.07) is 5.95. The highest BCUT2D eigenvalue weighted by atomic mass is 16.5. The summed E-state index contributed by atoms with van der Waals surface area (Å²) in [5.41, 5.74) is 1.54. The maximum absolute atomic E-state index is 12.1. The smallest absolute Gasteiger partial charge is 0.316 e. The second-order valence-electron chi connectivity index (χ2n) is 5.46. The number of esters is 1. The Morgan fingerprint density at radius 2 is 2.05 bits per heavy atom. The fourth-order valence-electron chi connectivity index (χ4n) is 2.51. The fraction of sp³-hybridized carbons (Fsp3) is 0.562. The maximum atomic E-state index is 12.1. The minimum absolute atomic E-state index is 0.0603. The molecule has 0 saturated heterocycles. The molecule has 0 aromatic heterocycles. The van der Waals surface area contributed by atoms with E-state index in [2.05, 4.69) is 0 Å². The Kier molecular flexibility index (Phi) is 4.33. The van der Waals surface area contributed by atoms with Crippen LogP contribution >= 0.6 is 0 Å². The van der Waals surface area contributed by atoms with Crippen molar-refractivity contribution < 1.29 is 19.0 Å². The summed E-state index contributed by atoms with van der Waals surface area (Å²) in [5.74, 6) is 0.579. The van der Waals surface area contributed by atoms with Gasteiger partial charge in [-0.15, -0.1) is 0 Å². The average molecular weight is 278 g/mol. The molecule has 110 valence electrons. The third-order valence-electron chi connectivity index (χ3n) is 3.71. The van der Waals surface area contributed by atoms with Crippen molar-refractivity contribution in [3.05, 3.63) is 29.3 Å². The highest BCUT2D eigenvalue weighted by Crippen LogP contribution is 2.52. The van der Waals surface area contributed by atoms with Gasteiger partial charge in [0, 0.05) is 12.7 Å². The molecule has 4 nitrogen and oxygen atoms in total. The summed E-state index contributed by atoms with van der Waals surface area (Å²) >= 11 is 0. The molecule has 2 rings (SSSR count). The van der Waals surface area contributed by atoms with E-state index in [1.807, 2.05) is 32.0 Å². The molecule has 1 aliphatic rings. The molecule has 0 heterocycles. The molecule has 0 aliphatic heterocycles. The van der Waals surface area contributed by atoms with E-state index in [-0.39, 0.29) is 12.1 Å². The SMILES string of the molecule is COCC(C)Oc1ccc(C)cc1C1(C(=O)OC)CC1. The van der Waals surface area contributed by atoms with Gasteiger partial charge < -0.3 is 14.2 Å². The summed E-state index contributed by atoms with van der Waals surface area (Å²) in [4.78, 5) is 12.1. The normalized spacial score (nSPS) is 17.4. The summed E-state index contributed by atoms with van der Waals surface area (Å²) in [6.45, 7) is 4.47. The monoisotopic (exact) mass is 278 g/mol. The van der Waals surface area contributed by atoms with Crippen molar-refractivity contribution in [2.24, 2.45) is 0 Å². The molecule has 1 aromatic rings. The average Bonchev–Trinajstić information content (AvgIpc) is 3.21. The number of ether oxygens (including phenoxy) is 3. The Morgan fingerprint density at radius 3 is 2.60 bits per heavy atom. The quantitative estimate of drug-likeness (QED) is 0.750. The molecule has 1 atom stereocenters. The molecular weight excluding hydrogens is 256 g/mol. The first-order valence-electron chi connectivity index (χ1n) is 6.88. The van der Waals surface area contributed by atoms with E-state index in [0.29, 0.717) is 6.61 Å². The van der Waals surface area contributed by atoms with Crippen molar-refractivity contribution in [2.75, 3.05) is 20.8 Å². The van der Waals surface area contributed by atoms with Crippen LogP contribution in [0.4, 0.5) is 0 Å². The van der Waals surface area contributed by atoms with E-state index in [1.165, 1.54) is 7.11 Å². The van der Waals surface area contributed by atoms with Crippen molar-refractivity contribution in [3.8, 4) is 5.75 Å². The summed E-state index contributed by atoms with van der Waals surface area (Å²) < 4.78 is 16.0. The van der Waals surface area contributed by atoms with Gasteiger partial charge in [-0.3, -0.25) is 4.79 Å². The van der Waals surface area contributed by atoms with Gasteiger partial charge in [0.25, 0.3) is 0 Å². The van der Waals surface area contributed by atoms with E-state index in [9.17, 15) is 4.79 Å². The predicted octanol–water partition coefficient (Wildman–Crippen LogP) is 2.61. The molecule has 0 amide bonds. The van der Waals surface area contributed by atoms with Crippen LogP contribution in [0.2, 0.25) is 0 Å². The zero-order valence-corrected chi connectivity index (χ0v) is 12.6. The molecule has 0 spiro atoms. The lowest BCUT2D eigenvalue weighted by molar-refractivity contribution is -0.143. The standard InChI is InChI=1S/C16H22O4/c1-11-5-6-14(20-12(2)10-18-3)13(9-11)16(7-8-16)15(17)19-4/h5-6,9,12H,7-8,10H2,1-4H3. The summed E-state index contributed by atoms with van der Waals surface area (Å²) in [6.07, 6.45) is 1.57. The number of methoxy groups -OCH3 is 2. The van der Waals surface area contributed by atoms with Crippen LogP contribution in [0, 0.1) is 6.92 Å². The van der Waals surface area contributed by atoms with Crippen molar-refractivity contribution in [3.63, 3.8) is 0 Å². The van der Waals surface area contributed by atoms with Crippen LogP contribution in [0.5, 0.6) is 5.75 Å². The Morgan fingerprint density at radius 1 is 1.35 bits per heavy atom. The lowest BCUT2D eigenvalue weighted by Crippen LogP contribution is -2.25. The first-order chi connectivity index (χ1) is 9.53. The molecule has 1 fully saturated rings. The molecule has 4 heteroatoms. The van der Waals surface area contributed by atoms with Gasteiger partial charge in [-0.25, -0.2) is 0 Å². The van der Waals surface area contributed by atoms with Gasteiger partial charge in [0.2, 0.25) is 0 Å². The van der Waals surface area contributed by atoms with Crippen LogP contribution < -0.4 is 4.74 Å². The van der Waals surface area contributed by atoms with E-state index in [0.717, 1.165) is 29.7 Å². The Balaban J connectivity index is 2.32. The van der Waals surface area contributed by atoms with E-state index < -0.39 is 5.41 Å². The second kappa shape index (κ2) is 5.83.